The van der Waals surface area contributed by atoms with Crippen molar-refractivity contribution in [1.29, 1.82) is 0 Å². The number of nitrogens with zero attached hydrogens (tertiary/aromatic N) is 3. The first kappa shape index (κ1) is 17.4. The van der Waals surface area contributed by atoms with Gasteiger partial charge in [-0.2, -0.15) is 5.10 Å². The summed E-state index contributed by atoms with van der Waals surface area (Å²) in [5.41, 5.74) is 0.955. The average molecular weight is 343 g/mol. The molecule has 0 bridgehead atoms. The molecule has 7 heteroatoms. The maximum absolute atomic E-state index is 12.6. The van der Waals surface area contributed by atoms with Gasteiger partial charge in [0.25, 0.3) is 0 Å². The highest BCUT2D eigenvalue weighted by Crippen LogP contribution is 2.30. The van der Waals surface area contributed by atoms with Crippen LogP contribution in [0.25, 0.3) is 11.4 Å². The first-order valence-corrected chi connectivity index (χ1v) is 8.84. The minimum absolute atomic E-state index is 0.0375. The molecule has 134 valence electrons. The van der Waals surface area contributed by atoms with Gasteiger partial charge in [-0.3, -0.25) is 5.10 Å². The maximum atomic E-state index is 12.6. The topological polar surface area (TPSA) is 94.1 Å². The summed E-state index contributed by atoms with van der Waals surface area (Å²) >= 11 is 0. The number of benzene rings is 1. The highest BCUT2D eigenvalue weighted by molar-refractivity contribution is 5.75. The minimum Gasteiger partial charge on any atom is -0.396 e. The molecule has 1 aliphatic rings. The molecule has 2 heterocycles. The maximum Gasteiger partial charge on any atom is 0.318 e. The summed E-state index contributed by atoms with van der Waals surface area (Å²) in [6, 6.07) is 9.68. The van der Waals surface area contributed by atoms with Crippen LogP contribution in [-0.2, 0) is 0 Å². The molecule has 1 aromatic heterocycles. The molecule has 7 nitrogen and oxygen atoms in total. The van der Waals surface area contributed by atoms with Crippen molar-refractivity contribution >= 4 is 6.03 Å². The Labute approximate surface area is 147 Å². The van der Waals surface area contributed by atoms with Crippen molar-refractivity contribution in [2.45, 2.75) is 44.7 Å². The lowest BCUT2D eigenvalue weighted by molar-refractivity contribution is 0.186. The number of aliphatic hydroxyl groups excluding tert-OH is 1. The zero-order chi connectivity index (χ0) is 17.6. The largest absolute Gasteiger partial charge is 0.396 e. The monoisotopic (exact) mass is 343 g/mol. The second kappa shape index (κ2) is 8.11. The lowest BCUT2D eigenvalue weighted by Crippen LogP contribution is -2.43. The van der Waals surface area contributed by atoms with Gasteiger partial charge in [-0.1, -0.05) is 30.3 Å². The molecule has 3 N–H and O–H groups in total. The number of urea groups is 1. The smallest absolute Gasteiger partial charge is 0.318 e. The number of amides is 2. The number of aromatic amines is 1. The number of likely N-dealkylation sites (tertiary alicyclic amines) is 1. The molecule has 2 atom stereocenters. The van der Waals surface area contributed by atoms with Gasteiger partial charge in [-0.25, -0.2) is 9.78 Å². The van der Waals surface area contributed by atoms with Crippen LogP contribution in [0.3, 0.4) is 0 Å². The van der Waals surface area contributed by atoms with E-state index >= 15 is 0 Å². The number of aliphatic hydroxyl groups is 1. The SMILES string of the molecule is CC(CCCO)NC(=O)N1CCCC1c1nc(-c2ccccc2)n[nH]1. The number of aromatic nitrogens is 3. The molecule has 2 aromatic rings. The van der Waals surface area contributed by atoms with Crippen LogP contribution >= 0.6 is 0 Å². The Hall–Kier alpha value is -2.41. The van der Waals surface area contributed by atoms with Crippen molar-refractivity contribution < 1.29 is 9.90 Å². The van der Waals surface area contributed by atoms with E-state index in [9.17, 15) is 4.79 Å². The van der Waals surface area contributed by atoms with Crippen molar-refractivity contribution in [3.63, 3.8) is 0 Å². The first-order valence-electron chi connectivity index (χ1n) is 8.84. The molecule has 0 spiro atoms. The average Bonchev–Trinajstić information content (AvgIpc) is 3.29. The summed E-state index contributed by atoms with van der Waals surface area (Å²) in [4.78, 5) is 19.0. The van der Waals surface area contributed by atoms with Gasteiger partial charge in [-0.15, -0.1) is 0 Å². The highest BCUT2D eigenvalue weighted by Gasteiger charge is 2.32. The van der Waals surface area contributed by atoms with E-state index in [4.69, 9.17) is 5.11 Å². The Morgan fingerprint density at radius 2 is 2.24 bits per heavy atom. The predicted octanol–water partition coefficient (Wildman–Crippen LogP) is 2.48. The third kappa shape index (κ3) is 4.17. The fourth-order valence-electron chi connectivity index (χ4n) is 3.20. The van der Waals surface area contributed by atoms with Crippen LogP contribution in [-0.4, -0.2) is 50.4 Å². The molecule has 2 amide bonds. The van der Waals surface area contributed by atoms with Crippen LogP contribution in [0.2, 0.25) is 0 Å². The summed E-state index contributed by atoms with van der Waals surface area (Å²) in [5, 5.41) is 19.2. The number of rotatable bonds is 6. The Balaban J connectivity index is 1.67. The zero-order valence-electron chi connectivity index (χ0n) is 14.5. The first-order chi connectivity index (χ1) is 12.2. The lowest BCUT2D eigenvalue weighted by atomic mass is 10.2. The van der Waals surface area contributed by atoms with Gasteiger partial charge in [-0.05, 0) is 32.6 Å². The summed E-state index contributed by atoms with van der Waals surface area (Å²) in [6.45, 7) is 2.82. The molecule has 0 radical (unpaired) electrons. The van der Waals surface area contributed by atoms with Crippen LogP contribution in [0.4, 0.5) is 4.79 Å². The summed E-state index contributed by atoms with van der Waals surface area (Å²) < 4.78 is 0. The zero-order valence-corrected chi connectivity index (χ0v) is 14.5. The van der Waals surface area contributed by atoms with E-state index in [-0.39, 0.29) is 24.7 Å². The molecule has 0 aliphatic carbocycles. The van der Waals surface area contributed by atoms with Crippen molar-refractivity contribution in [1.82, 2.24) is 25.4 Å². The second-order valence-corrected chi connectivity index (χ2v) is 6.48. The number of H-pyrrole nitrogens is 1. The number of carbonyl (C=O) groups excluding carboxylic acids is 1. The number of hydrogen-bond donors (Lipinski definition) is 3. The quantitative estimate of drug-likeness (QED) is 0.751. The van der Waals surface area contributed by atoms with Crippen LogP contribution in [0.15, 0.2) is 30.3 Å². The standard InChI is InChI=1S/C18H25N5O2/c1-13(7-6-12-24)19-18(25)23-11-5-10-15(23)17-20-16(21-22-17)14-8-3-2-4-9-14/h2-4,8-9,13,15,24H,5-7,10-12H2,1H3,(H,19,25)(H,20,21,22). The Kier molecular flexibility index (Phi) is 5.65. The Morgan fingerprint density at radius 1 is 1.44 bits per heavy atom. The van der Waals surface area contributed by atoms with E-state index in [0.29, 0.717) is 18.8 Å². The van der Waals surface area contributed by atoms with Gasteiger partial charge in [0.2, 0.25) is 0 Å². The molecule has 25 heavy (non-hydrogen) atoms. The molecular formula is C18H25N5O2. The van der Waals surface area contributed by atoms with Crippen molar-refractivity contribution in [2.75, 3.05) is 13.2 Å². The number of carbonyl (C=O) groups is 1. The summed E-state index contributed by atoms with van der Waals surface area (Å²) in [5.74, 6) is 1.38. The number of nitrogens with one attached hydrogen (secondary N) is 2. The molecule has 1 saturated heterocycles. The van der Waals surface area contributed by atoms with Gasteiger partial charge in [0.05, 0.1) is 6.04 Å². The van der Waals surface area contributed by atoms with Gasteiger partial charge in [0.1, 0.15) is 5.82 Å². The third-order valence-electron chi connectivity index (χ3n) is 4.53. The van der Waals surface area contributed by atoms with Crippen LogP contribution in [0.1, 0.15) is 44.5 Å². The number of hydrogen-bond acceptors (Lipinski definition) is 4. The van der Waals surface area contributed by atoms with Gasteiger partial charge in [0, 0.05) is 24.8 Å². The van der Waals surface area contributed by atoms with Crippen LogP contribution in [0, 0.1) is 0 Å². The molecular weight excluding hydrogens is 318 g/mol. The summed E-state index contributed by atoms with van der Waals surface area (Å²) in [7, 11) is 0. The van der Waals surface area contributed by atoms with Gasteiger partial charge >= 0.3 is 6.03 Å². The van der Waals surface area contributed by atoms with E-state index < -0.39 is 0 Å². The third-order valence-corrected chi connectivity index (χ3v) is 4.53. The Bertz CT molecular complexity index is 688. The van der Waals surface area contributed by atoms with E-state index in [2.05, 4.69) is 20.5 Å². The predicted molar refractivity (Wildman–Crippen MR) is 94.8 cm³/mol. The second-order valence-electron chi connectivity index (χ2n) is 6.48. The van der Waals surface area contributed by atoms with Gasteiger partial charge < -0.3 is 15.3 Å². The molecule has 1 aliphatic heterocycles. The van der Waals surface area contributed by atoms with E-state index in [1.807, 2.05) is 42.2 Å². The van der Waals surface area contributed by atoms with Crippen molar-refractivity contribution in [2.24, 2.45) is 0 Å². The molecule has 1 fully saturated rings. The molecule has 0 saturated carbocycles. The highest BCUT2D eigenvalue weighted by atomic mass is 16.3. The van der Waals surface area contributed by atoms with Crippen molar-refractivity contribution in [3.8, 4) is 11.4 Å². The molecule has 2 unspecified atom stereocenters. The molecule has 1 aromatic carbocycles. The van der Waals surface area contributed by atoms with Crippen LogP contribution in [0.5, 0.6) is 0 Å². The van der Waals surface area contributed by atoms with Crippen LogP contribution < -0.4 is 5.32 Å². The fourth-order valence-corrected chi connectivity index (χ4v) is 3.20. The Morgan fingerprint density at radius 3 is 3.00 bits per heavy atom. The van der Waals surface area contributed by atoms with Crippen molar-refractivity contribution in [3.05, 3.63) is 36.2 Å². The van der Waals surface area contributed by atoms with E-state index in [1.54, 1.807) is 0 Å². The summed E-state index contributed by atoms with van der Waals surface area (Å²) in [6.07, 6.45) is 3.28. The van der Waals surface area contributed by atoms with E-state index in [0.717, 1.165) is 30.7 Å². The lowest BCUT2D eigenvalue weighted by Gasteiger charge is -2.25. The normalized spacial score (nSPS) is 18.3. The van der Waals surface area contributed by atoms with E-state index in [1.165, 1.54) is 0 Å². The fraction of sp³-hybridized carbons (Fsp3) is 0.500. The molecule has 3 rings (SSSR count). The minimum atomic E-state index is -0.0781. The van der Waals surface area contributed by atoms with Gasteiger partial charge in [0.15, 0.2) is 5.82 Å².